The smallest absolute Gasteiger partial charge is 0.254 e. The number of para-hydroxylation sites is 1. The second kappa shape index (κ2) is 7.74. The van der Waals surface area contributed by atoms with E-state index >= 15 is 0 Å². The normalized spacial score (nSPS) is 10.4. The van der Waals surface area contributed by atoms with Crippen molar-refractivity contribution >= 4 is 17.4 Å². The van der Waals surface area contributed by atoms with Gasteiger partial charge in [-0.3, -0.25) is 4.79 Å². The first-order valence-corrected chi connectivity index (χ1v) is 8.01. The van der Waals surface area contributed by atoms with Crippen LogP contribution in [-0.2, 0) is 6.54 Å². The molecule has 26 heavy (non-hydrogen) atoms. The number of aromatic nitrogens is 1. The van der Waals surface area contributed by atoms with Crippen LogP contribution < -0.4 is 5.32 Å². The minimum absolute atomic E-state index is 0.188. The predicted molar refractivity (Wildman–Crippen MR) is 96.1 cm³/mol. The monoisotopic (exact) mass is 353 g/mol. The lowest BCUT2D eigenvalue weighted by Crippen LogP contribution is -2.26. The van der Waals surface area contributed by atoms with E-state index < -0.39 is 11.6 Å². The van der Waals surface area contributed by atoms with Gasteiger partial charge in [0, 0.05) is 25.4 Å². The van der Waals surface area contributed by atoms with Gasteiger partial charge < -0.3 is 10.2 Å². The van der Waals surface area contributed by atoms with E-state index in [0.29, 0.717) is 12.1 Å². The summed E-state index contributed by atoms with van der Waals surface area (Å²) in [6, 6.07) is 16.2. The Kier molecular flexibility index (Phi) is 5.22. The van der Waals surface area contributed by atoms with Crippen LogP contribution in [0, 0.1) is 11.6 Å². The summed E-state index contributed by atoms with van der Waals surface area (Å²) in [5, 5.41) is 2.59. The highest BCUT2D eigenvalue weighted by atomic mass is 19.1. The maximum atomic E-state index is 13.8. The molecule has 0 unspecified atom stereocenters. The molecule has 6 heteroatoms. The molecule has 2 aromatic carbocycles. The summed E-state index contributed by atoms with van der Waals surface area (Å²) in [6.45, 7) is 0.451. The van der Waals surface area contributed by atoms with Crippen LogP contribution in [0.1, 0.15) is 15.9 Å². The fraction of sp³-hybridized carbons (Fsp3) is 0.100. The quantitative estimate of drug-likeness (QED) is 0.741. The third-order valence-electron chi connectivity index (χ3n) is 3.83. The lowest BCUT2D eigenvalue weighted by molar-refractivity contribution is 0.0785. The highest BCUT2D eigenvalue weighted by molar-refractivity contribution is 5.94. The van der Waals surface area contributed by atoms with Gasteiger partial charge in [0.25, 0.3) is 5.91 Å². The number of amides is 1. The fourth-order valence-corrected chi connectivity index (χ4v) is 2.53. The van der Waals surface area contributed by atoms with Gasteiger partial charge in [0.1, 0.15) is 23.1 Å². The largest absolute Gasteiger partial charge is 0.337 e. The van der Waals surface area contributed by atoms with Crippen molar-refractivity contribution in [3.05, 3.63) is 89.6 Å². The van der Waals surface area contributed by atoms with Crippen molar-refractivity contribution in [2.45, 2.75) is 6.54 Å². The van der Waals surface area contributed by atoms with Crippen LogP contribution in [0.2, 0.25) is 0 Å². The molecule has 0 aliphatic carbocycles. The SMILES string of the molecule is CN(Cc1ccccc1)C(=O)c1ccnc(Nc2c(F)cccc2F)c1. The van der Waals surface area contributed by atoms with E-state index in [2.05, 4.69) is 10.3 Å². The van der Waals surface area contributed by atoms with Gasteiger partial charge in [-0.15, -0.1) is 0 Å². The number of rotatable bonds is 5. The zero-order valence-corrected chi connectivity index (χ0v) is 14.1. The van der Waals surface area contributed by atoms with Gasteiger partial charge in [0.15, 0.2) is 0 Å². The Morgan fingerprint density at radius 3 is 2.42 bits per heavy atom. The van der Waals surface area contributed by atoms with Crippen molar-refractivity contribution in [1.82, 2.24) is 9.88 Å². The van der Waals surface area contributed by atoms with Gasteiger partial charge >= 0.3 is 0 Å². The number of benzene rings is 2. The zero-order valence-electron chi connectivity index (χ0n) is 14.1. The molecule has 0 spiro atoms. The van der Waals surface area contributed by atoms with E-state index in [0.717, 1.165) is 17.7 Å². The summed E-state index contributed by atoms with van der Waals surface area (Å²) in [7, 11) is 1.69. The molecule has 0 radical (unpaired) electrons. The van der Waals surface area contributed by atoms with Gasteiger partial charge in [-0.25, -0.2) is 13.8 Å². The van der Waals surface area contributed by atoms with Gasteiger partial charge in [0.05, 0.1) is 0 Å². The molecule has 3 rings (SSSR count). The molecule has 1 heterocycles. The zero-order chi connectivity index (χ0) is 18.5. The number of anilines is 2. The van der Waals surface area contributed by atoms with Gasteiger partial charge in [0.2, 0.25) is 0 Å². The van der Waals surface area contributed by atoms with Crippen molar-refractivity contribution < 1.29 is 13.6 Å². The molecule has 3 aromatic rings. The fourth-order valence-electron chi connectivity index (χ4n) is 2.53. The minimum Gasteiger partial charge on any atom is -0.337 e. The number of halogens is 2. The van der Waals surface area contributed by atoms with E-state index in [9.17, 15) is 13.6 Å². The summed E-state index contributed by atoms with van der Waals surface area (Å²) in [5.41, 5.74) is 1.07. The molecule has 1 aromatic heterocycles. The third-order valence-corrected chi connectivity index (χ3v) is 3.83. The predicted octanol–water partition coefficient (Wildman–Crippen LogP) is 4.38. The van der Waals surface area contributed by atoms with Crippen LogP contribution in [0.3, 0.4) is 0 Å². The molecule has 132 valence electrons. The lowest BCUT2D eigenvalue weighted by Gasteiger charge is -2.18. The van der Waals surface area contributed by atoms with Crippen LogP contribution in [0.25, 0.3) is 0 Å². The summed E-state index contributed by atoms with van der Waals surface area (Å²) < 4.78 is 27.5. The third kappa shape index (κ3) is 4.03. The lowest BCUT2D eigenvalue weighted by atomic mass is 10.2. The number of carbonyl (C=O) groups is 1. The Balaban J connectivity index is 1.77. The number of pyridine rings is 1. The molecule has 0 bridgehead atoms. The highest BCUT2D eigenvalue weighted by Gasteiger charge is 2.14. The molecule has 0 aliphatic rings. The van der Waals surface area contributed by atoms with Crippen molar-refractivity contribution in [2.24, 2.45) is 0 Å². The number of carbonyl (C=O) groups excluding carboxylic acids is 1. The number of nitrogens with zero attached hydrogens (tertiary/aromatic N) is 2. The van der Waals surface area contributed by atoms with E-state index in [1.165, 1.54) is 18.3 Å². The number of hydrogen-bond donors (Lipinski definition) is 1. The van der Waals surface area contributed by atoms with Crippen LogP contribution in [-0.4, -0.2) is 22.8 Å². The number of hydrogen-bond acceptors (Lipinski definition) is 3. The van der Waals surface area contributed by atoms with Crippen molar-refractivity contribution in [1.29, 1.82) is 0 Å². The molecular formula is C20H17F2N3O. The number of nitrogens with one attached hydrogen (secondary N) is 1. The van der Waals surface area contributed by atoms with Crippen LogP contribution in [0.5, 0.6) is 0 Å². The Hall–Kier alpha value is -3.28. The molecule has 0 saturated heterocycles. The van der Waals surface area contributed by atoms with Crippen LogP contribution in [0.4, 0.5) is 20.3 Å². The van der Waals surface area contributed by atoms with Crippen LogP contribution >= 0.6 is 0 Å². The summed E-state index contributed by atoms with van der Waals surface area (Å²) >= 11 is 0. The second-order valence-electron chi connectivity index (χ2n) is 5.80. The first-order chi connectivity index (χ1) is 12.5. The van der Waals surface area contributed by atoms with E-state index in [1.807, 2.05) is 30.3 Å². The Morgan fingerprint density at radius 2 is 1.73 bits per heavy atom. The summed E-state index contributed by atoms with van der Waals surface area (Å²) in [5.74, 6) is -1.49. The maximum absolute atomic E-state index is 13.8. The molecule has 0 atom stereocenters. The van der Waals surface area contributed by atoms with Crippen LogP contribution in [0.15, 0.2) is 66.9 Å². The van der Waals surface area contributed by atoms with Crippen molar-refractivity contribution in [2.75, 3.05) is 12.4 Å². The Labute approximate surface area is 150 Å². The second-order valence-corrected chi connectivity index (χ2v) is 5.80. The standard InChI is InChI=1S/C20H17F2N3O/c1-25(13-14-6-3-2-4-7-14)20(26)15-10-11-23-18(12-15)24-19-16(21)8-5-9-17(19)22/h2-12H,13H2,1H3,(H,23,24). The minimum atomic E-state index is -0.732. The summed E-state index contributed by atoms with van der Waals surface area (Å²) in [6.07, 6.45) is 1.42. The Bertz CT molecular complexity index is 896. The topological polar surface area (TPSA) is 45.2 Å². The highest BCUT2D eigenvalue weighted by Crippen LogP contribution is 2.22. The van der Waals surface area contributed by atoms with Crippen molar-refractivity contribution in [3.63, 3.8) is 0 Å². The average Bonchev–Trinajstić information content (AvgIpc) is 2.65. The van der Waals surface area contributed by atoms with Crippen molar-refractivity contribution in [3.8, 4) is 0 Å². The first-order valence-electron chi connectivity index (χ1n) is 8.01. The van der Waals surface area contributed by atoms with E-state index in [1.54, 1.807) is 18.0 Å². The molecule has 4 nitrogen and oxygen atoms in total. The Morgan fingerprint density at radius 1 is 1.04 bits per heavy atom. The molecule has 1 amide bonds. The molecule has 0 aliphatic heterocycles. The summed E-state index contributed by atoms with van der Waals surface area (Å²) in [4.78, 5) is 18.2. The molecule has 0 fully saturated rings. The molecule has 1 N–H and O–H groups in total. The average molecular weight is 353 g/mol. The molecule has 0 saturated carbocycles. The van der Waals surface area contributed by atoms with E-state index in [4.69, 9.17) is 0 Å². The molecular weight excluding hydrogens is 336 g/mol. The van der Waals surface area contributed by atoms with Gasteiger partial charge in [-0.1, -0.05) is 36.4 Å². The first kappa shape index (κ1) is 17.5. The van der Waals surface area contributed by atoms with Gasteiger partial charge in [-0.2, -0.15) is 0 Å². The van der Waals surface area contributed by atoms with E-state index in [-0.39, 0.29) is 17.4 Å². The maximum Gasteiger partial charge on any atom is 0.254 e. The van der Waals surface area contributed by atoms with Gasteiger partial charge in [-0.05, 0) is 29.8 Å².